The Morgan fingerprint density at radius 1 is 1.21 bits per heavy atom. The van der Waals surface area contributed by atoms with E-state index in [9.17, 15) is 18.0 Å². The maximum Gasteiger partial charge on any atom is 0.416 e. The number of amides is 1. The molecule has 0 aliphatic carbocycles. The lowest BCUT2D eigenvalue weighted by Crippen LogP contribution is -2.30. The quantitative estimate of drug-likeness (QED) is 0.585. The van der Waals surface area contributed by atoms with Gasteiger partial charge in [0.05, 0.1) is 5.56 Å². The van der Waals surface area contributed by atoms with Gasteiger partial charge in [0, 0.05) is 25.5 Å². The molecule has 152 valence electrons. The van der Waals surface area contributed by atoms with Crippen LogP contribution in [0.4, 0.5) is 13.2 Å². The number of pyridine rings is 1. The highest BCUT2D eigenvalue weighted by Gasteiger charge is 2.30. The molecule has 9 heteroatoms. The maximum absolute atomic E-state index is 12.8. The van der Waals surface area contributed by atoms with Crippen molar-refractivity contribution in [2.75, 3.05) is 6.54 Å². The summed E-state index contributed by atoms with van der Waals surface area (Å²) in [5, 5.41) is 0. The van der Waals surface area contributed by atoms with E-state index in [4.69, 9.17) is 9.15 Å². The van der Waals surface area contributed by atoms with Gasteiger partial charge in [-0.2, -0.15) is 13.2 Å². The zero-order valence-electron chi connectivity index (χ0n) is 15.5. The van der Waals surface area contributed by atoms with Crippen molar-refractivity contribution < 1.29 is 27.1 Å². The molecule has 0 aliphatic rings. The summed E-state index contributed by atoms with van der Waals surface area (Å²) in [6.07, 6.45) is 0.0443. The lowest BCUT2D eigenvalue weighted by Gasteiger charge is -2.19. The Balaban J connectivity index is 1.63. The highest BCUT2D eigenvalue weighted by molar-refractivity contribution is 5.91. The number of hydrogen-bond donors (Lipinski definition) is 0. The molecule has 0 unspecified atom stereocenters. The minimum Gasteiger partial charge on any atom is -0.484 e. The van der Waals surface area contributed by atoms with Crippen molar-refractivity contribution in [3.05, 3.63) is 77.8 Å². The van der Waals surface area contributed by atoms with Crippen molar-refractivity contribution >= 4 is 5.91 Å². The normalized spacial score (nSPS) is 11.3. The molecular weight excluding hydrogens is 387 g/mol. The van der Waals surface area contributed by atoms with Gasteiger partial charge in [-0.05, 0) is 42.8 Å². The minimum atomic E-state index is -4.46. The first-order valence-electron chi connectivity index (χ1n) is 8.79. The second-order valence-electron chi connectivity index (χ2n) is 6.12. The molecule has 0 aliphatic heterocycles. The Morgan fingerprint density at radius 2 is 1.97 bits per heavy atom. The van der Waals surface area contributed by atoms with Crippen molar-refractivity contribution in [3.8, 4) is 5.75 Å². The van der Waals surface area contributed by atoms with Gasteiger partial charge in [0.25, 0.3) is 5.91 Å². The monoisotopic (exact) mass is 405 g/mol. The van der Waals surface area contributed by atoms with Crippen LogP contribution in [0.25, 0.3) is 0 Å². The number of oxazole rings is 1. The number of benzene rings is 1. The van der Waals surface area contributed by atoms with Crippen LogP contribution in [0.15, 0.2) is 59.5 Å². The van der Waals surface area contributed by atoms with Crippen LogP contribution in [0, 0.1) is 0 Å². The number of carbonyl (C=O) groups excluding carboxylic acids is 1. The Hall–Kier alpha value is -3.36. The van der Waals surface area contributed by atoms with Crippen LogP contribution in [0.1, 0.15) is 34.4 Å². The molecule has 0 bridgehead atoms. The number of hydrogen-bond acceptors (Lipinski definition) is 5. The number of alkyl halides is 3. The zero-order chi connectivity index (χ0) is 20.9. The van der Waals surface area contributed by atoms with Gasteiger partial charge in [-0.25, -0.2) is 4.98 Å². The van der Waals surface area contributed by atoms with E-state index in [-0.39, 0.29) is 29.8 Å². The average Bonchev–Trinajstić information content (AvgIpc) is 3.19. The van der Waals surface area contributed by atoms with Gasteiger partial charge in [-0.3, -0.25) is 9.78 Å². The molecular formula is C20H18F3N3O3. The van der Waals surface area contributed by atoms with E-state index in [2.05, 4.69) is 9.97 Å². The number of aromatic nitrogens is 2. The molecule has 0 radical (unpaired) electrons. The second-order valence-corrected chi connectivity index (χ2v) is 6.12. The van der Waals surface area contributed by atoms with Gasteiger partial charge in [-0.15, -0.1) is 0 Å². The predicted octanol–water partition coefficient (Wildman–Crippen LogP) is 4.33. The third-order valence-corrected chi connectivity index (χ3v) is 4.09. The fourth-order valence-electron chi connectivity index (χ4n) is 2.58. The van der Waals surface area contributed by atoms with Crippen LogP contribution in [0.2, 0.25) is 0 Å². The fraction of sp³-hybridized carbons (Fsp3) is 0.250. The highest BCUT2D eigenvalue weighted by Crippen LogP contribution is 2.31. The molecule has 2 heterocycles. The smallest absolute Gasteiger partial charge is 0.416 e. The Morgan fingerprint density at radius 3 is 2.66 bits per heavy atom. The summed E-state index contributed by atoms with van der Waals surface area (Å²) in [7, 11) is 0. The van der Waals surface area contributed by atoms with Gasteiger partial charge in [0.2, 0.25) is 5.89 Å². The Bertz CT molecular complexity index is 958. The number of ether oxygens (including phenoxy) is 1. The molecule has 0 spiro atoms. The van der Waals surface area contributed by atoms with E-state index in [0.29, 0.717) is 13.1 Å². The van der Waals surface area contributed by atoms with Crippen LogP contribution < -0.4 is 4.74 Å². The molecule has 1 aromatic carbocycles. The van der Waals surface area contributed by atoms with Gasteiger partial charge in [-0.1, -0.05) is 6.07 Å². The molecule has 3 rings (SSSR count). The van der Waals surface area contributed by atoms with Crippen molar-refractivity contribution in [2.45, 2.75) is 26.3 Å². The topological polar surface area (TPSA) is 68.5 Å². The number of rotatable bonds is 7. The van der Waals surface area contributed by atoms with Crippen LogP contribution in [0.3, 0.4) is 0 Å². The number of carbonyl (C=O) groups is 1. The van der Waals surface area contributed by atoms with Gasteiger partial charge in [0.1, 0.15) is 12.0 Å². The van der Waals surface area contributed by atoms with Crippen LogP contribution in [-0.2, 0) is 19.3 Å². The van der Waals surface area contributed by atoms with Crippen molar-refractivity contribution in [3.63, 3.8) is 0 Å². The van der Waals surface area contributed by atoms with E-state index < -0.39 is 11.7 Å². The Labute approximate surface area is 165 Å². The standard InChI is InChI=1S/C20H18F3N3O3/c1-2-26(11-14-6-8-24-9-7-14)19(27)17-12-29-18(25-17)13-28-16-5-3-4-15(10-16)20(21,22)23/h3-10,12H,2,11,13H2,1H3. The van der Waals surface area contributed by atoms with E-state index in [1.165, 1.54) is 18.4 Å². The van der Waals surface area contributed by atoms with Crippen LogP contribution >= 0.6 is 0 Å². The third-order valence-electron chi connectivity index (χ3n) is 4.09. The summed E-state index contributed by atoms with van der Waals surface area (Å²) in [6.45, 7) is 2.49. The SMILES string of the molecule is CCN(Cc1ccncc1)C(=O)c1coc(COc2cccc(C(F)(F)F)c2)n1. The van der Waals surface area contributed by atoms with Crippen LogP contribution in [-0.4, -0.2) is 27.3 Å². The fourth-order valence-corrected chi connectivity index (χ4v) is 2.58. The summed E-state index contributed by atoms with van der Waals surface area (Å²) < 4.78 is 48.8. The van der Waals surface area contributed by atoms with Crippen molar-refractivity contribution in [2.24, 2.45) is 0 Å². The molecule has 1 amide bonds. The summed E-state index contributed by atoms with van der Waals surface area (Å²) >= 11 is 0. The molecule has 0 saturated heterocycles. The van der Waals surface area contributed by atoms with Crippen molar-refractivity contribution in [1.29, 1.82) is 0 Å². The molecule has 6 nitrogen and oxygen atoms in total. The molecule has 2 aromatic heterocycles. The molecule has 0 fully saturated rings. The zero-order valence-corrected chi connectivity index (χ0v) is 15.5. The lowest BCUT2D eigenvalue weighted by atomic mass is 10.2. The predicted molar refractivity (Wildman–Crippen MR) is 96.9 cm³/mol. The maximum atomic E-state index is 12.8. The third kappa shape index (κ3) is 5.34. The molecule has 0 saturated carbocycles. The van der Waals surface area contributed by atoms with E-state index in [1.54, 1.807) is 17.3 Å². The van der Waals surface area contributed by atoms with Crippen LogP contribution in [0.5, 0.6) is 5.75 Å². The first-order chi connectivity index (χ1) is 13.9. The Kier molecular flexibility index (Phi) is 6.16. The van der Waals surface area contributed by atoms with Gasteiger partial charge < -0.3 is 14.1 Å². The first kappa shape index (κ1) is 20.4. The first-order valence-corrected chi connectivity index (χ1v) is 8.79. The second kappa shape index (κ2) is 8.76. The summed E-state index contributed by atoms with van der Waals surface area (Å²) in [6, 6.07) is 8.12. The summed E-state index contributed by atoms with van der Waals surface area (Å²) in [5.41, 5.74) is 0.211. The minimum absolute atomic E-state index is 0.0266. The largest absolute Gasteiger partial charge is 0.484 e. The van der Waals surface area contributed by atoms with E-state index >= 15 is 0 Å². The van der Waals surface area contributed by atoms with Gasteiger partial charge in [0.15, 0.2) is 12.3 Å². The number of halogens is 3. The highest BCUT2D eigenvalue weighted by atomic mass is 19.4. The molecule has 3 aromatic rings. The summed E-state index contributed by atoms with van der Waals surface area (Å²) in [4.78, 5) is 22.3. The van der Waals surface area contributed by atoms with Crippen molar-refractivity contribution in [1.82, 2.24) is 14.9 Å². The molecule has 0 N–H and O–H groups in total. The lowest BCUT2D eigenvalue weighted by molar-refractivity contribution is -0.137. The van der Waals surface area contributed by atoms with Gasteiger partial charge >= 0.3 is 6.18 Å². The average molecular weight is 405 g/mol. The molecule has 29 heavy (non-hydrogen) atoms. The van der Waals surface area contributed by atoms with E-state index in [1.807, 2.05) is 19.1 Å². The van der Waals surface area contributed by atoms with E-state index in [0.717, 1.165) is 17.7 Å². The number of nitrogens with zero attached hydrogens (tertiary/aromatic N) is 3. The summed E-state index contributed by atoms with van der Waals surface area (Å²) in [5.74, 6) is -0.206. The molecule has 0 atom stereocenters.